The highest BCUT2D eigenvalue weighted by Crippen LogP contribution is 2.57. The fourth-order valence-corrected chi connectivity index (χ4v) is 11.6. The number of rotatable bonds is 15. The molecule has 1 heterocycles. The minimum absolute atomic E-state index is 0.00324. The number of fused-ring (bicyclic) bond motifs is 2. The molecule has 4 N–H and O–H groups in total. The van der Waals surface area contributed by atoms with Gasteiger partial charge in [-0.15, -0.1) is 12.3 Å². The molecule has 0 aromatic heterocycles. The predicted octanol–water partition coefficient (Wildman–Crippen LogP) is 4.69. The average Bonchev–Trinajstić information content (AvgIpc) is 3.77. The van der Waals surface area contributed by atoms with Gasteiger partial charge in [0.05, 0.1) is 22.1 Å². The first-order valence-corrected chi connectivity index (χ1v) is 22.1. The van der Waals surface area contributed by atoms with E-state index in [1.54, 1.807) is 18.7 Å². The van der Waals surface area contributed by atoms with E-state index in [9.17, 15) is 27.6 Å². The average molecular weight is 772 g/mol. The van der Waals surface area contributed by atoms with Gasteiger partial charge in [-0.05, 0) is 94.8 Å². The number of piperidine rings is 1. The topological polar surface area (TPSA) is 171 Å². The Hall–Kier alpha value is -3.14. The lowest BCUT2D eigenvalue weighted by Gasteiger charge is -2.48. The first kappa shape index (κ1) is 42.0. The molecule has 5 aliphatic rings. The summed E-state index contributed by atoms with van der Waals surface area (Å²) in [5.74, 6) is 0.000240. The van der Waals surface area contributed by atoms with E-state index in [0.29, 0.717) is 51.5 Å². The van der Waals surface area contributed by atoms with Crippen molar-refractivity contribution >= 4 is 39.4 Å². The van der Waals surface area contributed by atoms with E-state index in [0.717, 1.165) is 51.4 Å². The zero-order valence-electron chi connectivity index (χ0n) is 33.5. The molecule has 4 aliphatic carbocycles. The lowest BCUT2D eigenvalue weighted by atomic mass is 9.69. The fraction of sp³-hybridized carbons (Fsp3) is 0.829. The Morgan fingerprint density at radius 1 is 0.926 bits per heavy atom. The number of likely N-dealkylation sites (tertiary alicyclic amines) is 1. The molecular formula is C41H65N5O7S. The largest absolute Gasteiger partial charge is 0.347 e. The number of carbonyl (C=O) groups is 5. The molecule has 13 heteroatoms. The van der Waals surface area contributed by atoms with Crippen molar-refractivity contribution in [3.63, 3.8) is 0 Å². The number of carbonyl (C=O) groups excluding carboxylic acids is 5. The summed E-state index contributed by atoms with van der Waals surface area (Å²) in [6, 6.07) is -2.72. The summed E-state index contributed by atoms with van der Waals surface area (Å²) in [5.41, 5.74) is -3.14. The zero-order valence-corrected chi connectivity index (χ0v) is 34.4. The van der Waals surface area contributed by atoms with E-state index < -0.39 is 66.8 Å². The van der Waals surface area contributed by atoms with Crippen molar-refractivity contribution in [3.05, 3.63) is 0 Å². The van der Waals surface area contributed by atoms with Crippen LogP contribution in [0.3, 0.4) is 0 Å². The Bertz CT molecular complexity index is 1620. The van der Waals surface area contributed by atoms with Crippen molar-refractivity contribution in [3.8, 4) is 12.3 Å². The van der Waals surface area contributed by atoms with E-state index in [4.69, 9.17) is 6.42 Å². The maximum Gasteiger partial charge on any atom is 0.315 e. The van der Waals surface area contributed by atoms with Crippen LogP contribution in [0.2, 0.25) is 0 Å². The molecule has 2 unspecified atom stereocenters. The molecule has 1 aliphatic heterocycles. The normalized spacial score (nSPS) is 26.8. The highest BCUT2D eigenvalue weighted by atomic mass is 32.2. The molecule has 54 heavy (non-hydrogen) atoms. The van der Waals surface area contributed by atoms with Gasteiger partial charge in [-0.2, -0.15) is 0 Å². The second kappa shape index (κ2) is 15.8. The highest BCUT2D eigenvalue weighted by Gasteiger charge is 2.65. The van der Waals surface area contributed by atoms with Gasteiger partial charge < -0.3 is 26.2 Å². The van der Waals surface area contributed by atoms with Crippen LogP contribution >= 0.6 is 0 Å². The molecule has 4 atom stereocenters. The summed E-state index contributed by atoms with van der Waals surface area (Å²) < 4.78 is 26.5. The molecular weight excluding hydrogens is 707 g/mol. The third kappa shape index (κ3) is 8.63. The summed E-state index contributed by atoms with van der Waals surface area (Å²) in [7, 11) is -3.59. The van der Waals surface area contributed by atoms with Gasteiger partial charge in [0.2, 0.25) is 17.6 Å². The second-order valence-corrected chi connectivity index (χ2v) is 21.5. The maximum atomic E-state index is 15.1. The molecule has 5 amide bonds. The van der Waals surface area contributed by atoms with Gasteiger partial charge in [-0.1, -0.05) is 66.2 Å². The van der Waals surface area contributed by atoms with Crippen LogP contribution in [0.25, 0.3) is 0 Å². The van der Waals surface area contributed by atoms with E-state index >= 15 is 4.79 Å². The van der Waals surface area contributed by atoms with Crippen molar-refractivity contribution in [2.45, 2.75) is 185 Å². The van der Waals surface area contributed by atoms with Crippen molar-refractivity contribution in [1.29, 1.82) is 0 Å². The molecule has 2 bridgehead atoms. The van der Waals surface area contributed by atoms with Crippen LogP contribution in [-0.4, -0.2) is 89.1 Å². The summed E-state index contributed by atoms with van der Waals surface area (Å²) in [6.45, 7) is 11.8. The van der Waals surface area contributed by atoms with Crippen LogP contribution in [0.15, 0.2) is 0 Å². The molecule has 1 saturated heterocycles. The quantitative estimate of drug-likeness (QED) is 0.138. The number of hydrogen-bond donors (Lipinski definition) is 4. The Morgan fingerprint density at radius 2 is 1.54 bits per heavy atom. The Morgan fingerprint density at radius 3 is 2.09 bits per heavy atom. The predicted molar refractivity (Wildman–Crippen MR) is 208 cm³/mol. The SMILES string of the molecule is C#CCCC(NC(=O)[C@@]12CC(CN1C(=O)[C@@H](NC(=O)NC1(CS(=O)(=O)C(C)(C)CC)CCCCC1)C1(C)CCCCC1)C(C)(C)C2)C(=O)C(=O)NC1CC1. The number of nitrogens with one attached hydrogen (secondary N) is 4. The van der Waals surface area contributed by atoms with Gasteiger partial charge in [0.15, 0.2) is 9.84 Å². The first-order chi connectivity index (χ1) is 25.2. The van der Waals surface area contributed by atoms with Crippen LogP contribution < -0.4 is 21.3 Å². The molecule has 0 aromatic carbocycles. The number of terminal acetylenes is 1. The van der Waals surface area contributed by atoms with Gasteiger partial charge in [0.1, 0.15) is 11.6 Å². The number of sulfone groups is 1. The van der Waals surface area contributed by atoms with Crippen molar-refractivity contribution in [2.24, 2.45) is 16.7 Å². The van der Waals surface area contributed by atoms with Crippen molar-refractivity contribution in [2.75, 3.05) is 12.3 Å². The molecule has 0 radical (unpaired) electrons. The Labute approximate surface area is 323 Å². The number of hydrogen-bond acceptors (Lipinski definition) is 7. The van der Waals surface area contributed by atoms with Gasteiger partial charge in [0.25, 0.3) is 5.91 Å². The van der Waals surface area contributed by atoms with Gasteiger partial charge in [-0.25, -0.2) is 13.2 Å². The summed E-state index contributed by atoms with van der Waals surface area (Å²) in [6.07, 6.45) is 16.4. The standard InChI is InChI=1S/C41H65N5O7S/c1-8-10-17-30(31(47)33(48)42-29-18-19-29)43-35(50)41-24-28(37(3,4)26-41)25-46(41)34(49)32(39(7)20-13-11-14-21-39)44-36(51)45-40(22-15-12-16-23-40)27-54(52,53)38(5,6)9-2/h1,28-30,32H,9-27H2,2-7H3,(H,42,48)(H,43,50)(H2,44,45,51)/t28?,30?,32-,41+/m1/s1. The number of Topliss-reactive ketones (excluding diaryl/α,β-unsaturated/α-hetero) is 1. The lowest BCUT2D eigenvalue weighted by Crippen LogP contribution is -2.68. The molecule has 4 saturated carbocycles. The summed E-state index contributed by atoms with van der Waals surface area (Å²) in [5, 5.41) is 11.8. The number of amides is 5. The maximum absolute atomic E-state index is 15.1. The van der Waals surface area contributed by atoms with Crippen LogP contribution in [0.1, 0.15) is 151 Å². The van der Waals surface area contributed by atoms with Gasteiger partial charge in [-0.3, -0.25) is 19.2 Å². The monoisotopic (exact) mass is 771 g/mol. The minimum atomic E-state index is -3.59. The summed E-state index contributed by atoms with van der Waals surface area (Å²) in [4.78, 5) is 71.8. The lowest BCUT2D eigenvalue weighted by molar-refractivity contribution is -0.153. The Balaban J connectivity index is 1.43. The van der Waals surface area contributed by atoms with E-state index in [-0.39, 0.29) is 41.9 Å². The van der Waals surface area contributed by atoms with Crippen LogP contribution in [0.5, 0.6) is 0 Å². The first-order valence-electron chi connectivity index (χ1n) is 20.5. The molecule has 0 aromatic rings. The highest BCUT2D eigenvalue weighted by molar-refractivity contribution is 7.92. The molecule has 0 spiro atoms. The van der Waals surface area contributed by atoms with E-state index in [2.05, 4.69) is 41.0 Å². The number of nitrogens with zero attached hydrogens (tertiary/aromatic N) is 1. The third-order valence-electron chi connectivity index (χ3n) is 13.9. The smallest absolute Gasteiger partial charge is 0.315 e. The van der Waals surface area contributed by atoms with Crippen LogP contribution in [-0.2, 0) is 29.0 Å². The van der Waals surface area contributed by atoms with Crippen LogP contribution in [0, 0.1) is 29.1 Å². The third-order valence-corrected chi connectivity index (χ3v) is 16.9. The van der Waals surface area contributed by atoms with Crippen LogP contribution in [0.4, 0.5) is 4.79 Å². The van der Waals surface area contributed by atoms with E-state index in [1.807, 2.05) is 13.8 Å². The minimum Gasteiger partial charge on any atom is -0.347 e. The van der Waals surface area contributed by atoms with Crippen molar-refractivity contribution in [1.82, 2.24) is 26.2 Å². The Kier molecular flexibility index (Phi) is 12.3. The molecule has 5 rings (SSSR count). The summed E-state index contributed by atoms with van der Waals surface area (Å²) >= 11 is 0. The number of ketones is 1. The van der Waals surface area contributed by atoms with Gasteiger partial charge >= 0.3 is 6.03 Å². The number of urea groups is 1. The second-order valence-electron chi connectivity index (χ2n) is 18.9. The fourth-order valence-electron chi connectivity index (χ4n) is 9.65. The van der Waals surface area contributed by atoms with Gasteiger partial charge in [0, 0.05) is 19.0 Å². The zero-order chi connectivity index (χ0) is 39.7. The van der Waals surface area contributed by atoms with Crippen molar-refractivity contribution < 1.29 is 32.4 Å². The van der Waals surface area contributed by atoms with E-state index in [1.165, 1.54) is 0 Å². The molecule has 302 valence electrons. The molecule has 5 fully saturated rings. The molecule has 12 nitrogen and oxygen atoms in total.